The summed E-state index contributed by atoms with van der Waals surface area (Å²) in [5, 5.41) is 0. The van der Waals surface area contributed by atoms with Gasteiger partial charge in [-0.3, -0.25) is 8.98 Å². The highest BCUT2D eigenvalue weighted by Gasteiger charge is 2.27. The number of ether oxygens (including phenoxy) is 2. The Morgan fingerprint density at radius 2 is 1.67 bits per heavy atom. The van der Waals surface area contributed by atoms with Crippen LogP contribution in [0.25, 0.3) is 0 Å². The van der Waals surface area contributed by atoms with E-state index in [2.05, 4.69) is 0 Å². The topological polar surface area (TPSA) is 78.9 Å². The van der Waals surface area contributed by atoms with E-state index in [0.29, 0.717) is 12.2 Å². The molecule has 0 amide bonds. The predicted octanol–water partition coefficient (Wildman–Crippen LogP) is 4.57. The standard InChI is InChI=1S/C23H30O6S/c1-6-23(4,5)22(24)28-16-19-9-7-8-18(3)21(19)27-14-15-29-30(25,26)20-12-10-17(2)11-13-20/h7-13H,6,14-16H2,1-5H3. The number of aryl methyl sites for hydroxylation is 2. The number of rotatable bonds is 10. The first-order valence-corrected chi connectivity index (χ1v) is 11.3. The first kappa shape index (κ1) is 23.9. The molecule has 0 radical (unpaired) electrons. The summed E-state index contributed by atoms with van der Waals surface area (Å²) in [4.78, 5) is 12.3. The molecular formula is C23H30O6S. The smallest absolute Gasteiger partial charge is 0.311 e. The number of hydrogen-bond acceptors (Lipinski definition) is 6. The fraction of sp³-hybridized carbons (Fsp3) is 0.435. The van der Waals surface area contributed by atoms with Gasteiger partial charge in [-0.25, -0.2) is 0 Å². The van der Waals surface area contributed by atoms with Crippen LogP contribution in [0.5, 0.6) is 5.75 Å². The molecule has 0 aliphatic carbocycles. The molecule has 0 heterocycles. The van der Waals surface area contributed by atoms with Crippen molar-refractivity contribution in [2.75, 3.05) is 13.2 Å². The molecule has 0 spiro atoms. The van der Waals surface area contributed by atoms with Crippen LogP contribution in [0, 0.1) is 19.3 Å². The Kier molecular flexibility index (Phi) is 8.03. The lowest BCUT2D eigenvalue weighted by Crippen LogP contribution is -2.25. The summed E-state index contributed by atoms with van der Waals surface area (Å²) in [5.41, 5.74) is 1.99. The van der Waals surface area contributed by atoms with Crippen LogP contribution in [0.3, 0.4) is 0 Å². The van der Waals surface area contributed by atoms with Crippen LogP contribution in [0.4, 0.5) is 0 Å². The average molecular weight is 435 g/mol. The van der Waals surface area contributed by atoms with E-state index in [0.717, 1.165) is 16.7 Å². The average Bonchev–Trinajstić information content (AvgIpc) is 2.70. The minimum Gasteiger partial charge on any atom is -0.490 e. The predicted molar refractivity (Wildman–Crippen MR) is 115 cm³/mol. The Hall–Kier alpha value is -2.38. The third kappa shape index (κ3) is 6.31. The molecule has 0 aromatic heterocycles. The minimum absolute atomic E-state index is 0.0390. The molecule has 0 saturated carbocycles. The van der Waals surface area contributed by atoms with Crippen molar-refractivity contribution in [2.24, 2.45) is 5.41 Å². The number of para-hydroxylation sites is 1. The van der Waals surface area contributed by atoms with Gasteiger partial charge < -0.3 is 9.47 Å². The van der Waals surface area contributed by atoms with Crippen LogP contribution in [0.1, 0.15) is 43.9 Å². The van der Waals surface area contributed by atoms with Crippen molar-refractivity contribution in [2.45, 2.75) is 52.5 Å². The quantitative estimate of drug-likeness (QED) is 0.310. The Morgan fingerprint density at radius 3 is 2.30 bits per heavy atom. The number of carbonyl (C=O) groups excluding carboxylic acids is 1. The monoisotopic (exact) mass is 434 g/mol. The molecule has 0 aliphatic heterocycles. The van der Waals surface area contributed by atoms with E-state index in [1.54, 1.807) is 12.1 Å². The zero-order valence-corrected chi connectivity index (χ0v) is 19.0. The maximum absolute atomic E-state index is 12.3. The zero-order valence-electron chi connectivity index (χ0n) is 18.2. The molecule has 164 valence electrons. The highest BCUT2D eigenvalue weighted by molar-refractivity contribution is 7.86. The van der Waals surface area contributed by atoms with Gasteiger partial charge in [-0.2, -0.15) is 8.42 Å². The molecule has 2 aromatic carbocycles. The fourth-order valence-electron chi connectivity index (χ4n) is 2.58. The fourth-order valence-corrected chi connectivity index (χ4v) is 3.47. The summed E-state index contributed by atoms with van der Waals surface area (Å²) in [7, 11) is -3.84. The molecule has 2 rings (SSSR count). The molecule has 6 nitrogen and oxygen atoms in total. The Bertz CT molecular complexity index is 962. The molecular weight excluding hydrogens is 404 g/mol. The first-order valence-electron chi connectivity index (χ1n) is 9.91. The summed E-state index contributed by atoms with van der Waals surface area (Å²) in [5.74, 6) is 0.293. The minimum atomic E-state index is -3.84. The summed E-state index contributed by atoms with van der Waals surface area (Å²) in [6, 6.07) is 12.0. The number of esters is 1. The van der Waals surface area contributed by atoms with Gasteiger partial charge in [-0.05, 0) is 51.8 Å². The molecule has 2 aromatic rings. The number of carbonyl (C=O) groups is 1. The van der Waals surface area contributed by atoms with E-state index in [9.17, 15) is 13.2 Å². The summed E-state index contributed by atoms with van der Waals surface area (Å²) < 4.78 is 40.8. The first-order chi connectivity index (χ1) is 14.1. The molecule has 0 atom stereocenters. The van der Waals surface area contributed by atoms with Crippen LogP contribution in [0.2, 0.25) is 0 Å². The SMILES string of the molecule is CCC(C)(C)C(=O)OCc1cccc(C)c1OCCOS(=O)(=O)c1ccc(C)cc1. The maximum Gasteiger partial charge on any atom is 0.311 e. The summed E-state index contributed by atoms with van der Waals surface area (Å²) in [6.45, 7) is 9.37. The molecule has 0 bridgehead atoms. The molecule has 30 heavy (non-hydrogen) atoms. The molecule has 0 aliphatic rings. The Labute approximate surface area is 179 Å². The van der Waals surface area contributed by atoms with Crippen LogP contribution in [0.15, 0.2) is 47.4 Å². The second-order valence-electron chi connectivity index (χ2n) is 7.81. The van der Waals surface area contributed by atoms with Gasteiger partial charge in [0.15, 0.2) is 0 Å². The highest BCUT2D eigenvalue weighted by atomic mass is 32.2. The van der Waals surface area contributed by atoms with E-state index in [-0.39, 0.29) is 30.7 Å². The van der Waals surface area contributed by atoms with Gasteiger partial charge in [-0.15, -0.1) is 0 Å². The second kappa shape index (κ2) is 10.1. The van der Waals surface area contributed by atoms with E-state index in [4.69, 9.17) is 13.7 Å². The lowest BCUT2D eigenvalue weighted by Gasteiger charge is -2.21. The third-order valence-electron chi connectivity index (χ3n) is 4.97. The van der Waals surface area contributed by atoms with Crippen molar-refractivity contribution in [1.29, 1.82) is 0 Å². The highest BCUT2D eigenvalue weighted by Crippen LogP contribution is 2.27. The Balaban J connectivity index is 1.97. The van der Waals surface area contributed by atoms with Crippen molar-refractivity contribution in [3.05, 3.63) is 59.2 Å². The van der Waals surface area contributed by atoms with Crippen LogP contribution in [-0.4, -0.2) is 27.6 Å². The second-order valence-corrected chi connectivity index (χ2v) is 9.43. The van der Waals surface area contributed by atoms with Crippen molar-refractivity contribution in [1.82, 2.24) is 0 Å². The maximum atomic E-state index is 12.3. The van der Waals surface area contributed by atoms with Gasteiger partial charge in [-0.1, -0.05) is 42.8 Å². The van der Waals surface area contributed by atoms with E-state index in [1.165, 1.54) is 12.1 Å². The Morgan fingerprint density at radius 1 is 1.00 bits per heavy atom. The number of hydrogen-bond donors (Lipinski definition) is 0. The lowest BCUT2D eigenvalue weighted by molar-refractivity contribution is -0.155. The summed E-state index contributed by atoms with van der Waals surface area (Å²) in [6.07, 6.45) is 0.676. The van der Waals surface area contributed by atoms with Crippen molar-refractivity contribution in [3.63, 3.8) is 0 Å². The van der Waals surface area contributed by atoms with E-state index < -0.39 is 15.5 Å². The third-order valence-corrected chi connectivity index (χ3v) is 6.29. The molecule has 0 saturated heterocycles. The van der Waals surface area contributed by atoms with Gasteiger partial charge in [0.1, 0.15) is 25.6 Å². The van der Waals surface area contributed by atoms with E-state index >= 15 is 0 Å². The zero-order chi connectivity index (χ0) is 22.4. The van der Waals surface area contributed by atoms with Crippen LogP contribution < -0.4 is 4.74 Å². The van der Waals surface area contributed by atoms with Gasteiger partial charge in [0.05, 0.1) is 10.3 Å². The molecule has 0 N–H and O–H groups in total. The van der Waals surface area contributed by atoms with Gasteiger partial charge in [0, 0.05) is 5.56 Å². The van der Waals surface area contributed by atoms with Gasteiger partial charge in [0.2, 0.25) is 0 Å². The normalized spacial score (nSPS) is 11.9. The van der Waals surface area contributed by atoms with Crippen molar-refractivity contribution in [3.8, 4) is 5.75 Å². The lowest BCUT2D eigenvalue weighted by atomic mass is 9.91. The van der Waals surface area contributed by atoms with Crippen LogP contribution in [-0.2, 0) is 30.4 Å². The number of benzene rings is 2. The van der Waals surface area contributed by atoms with Gasteiger partial charge >= 0.3 is 5.97 Å². The molecule has 0 unspecified atom stereocenters. The van der Waals surface area contributed by atoms with Crippen LogP contribution >= 0.6 is 0 Å². The summed E-state index contributed by atoms with van der Waals surface area (Å²) >= 11 is 0. The largest absolute Gasteiger partial charge is 0.490 e. The van der Waals surface area contributed by atoms with Crippen molar-refractivity contribution >= 4 is 16.1 Å². The van der Waals surface area contributed by atoms with Gasteiger partial charge in [0.25, 0.3) is 10.1 Å². The molecule has 7 heteroatoms. The van der Waals surface area contributed by atoms with E-state index in [1.807, 2.05) is 52.8 Å². The molecule has 0 fully saturated rings. The van der Waals surface area contributed by atoms with Crippen molar-refractivity contribution < 1.29 is 26.9 Å².